The summed E-state index contributed by atoms with van der Waals surface area (Å²) in [5.41, 5.74) is 3.34. The number of methoxy groups -OCH3 is 1. The third-order valence-electron chi connectivity index (χ3n) is 3.97. The number of amides is 1. The van der Waals surface area contributed by atoms with E-state index in [0.717, 1.165) is 16.2 Å². The number of thiazole rings is 1. The molecular weight excluding hydrogens is 392 g/mol. The Bertz CT molecular complexity index is 951. The number of anilines is 1. The molecule has 0 fully saturated rings. The number of ether oxygens (including phenoxy) is 1. The summed E-state index contributed by atoms with van der Waals surface area (Å²) in [5.74, 6) is 0.283. The second-order valence-electron chi connectivity index (χ2n) is 6.07. The van der Waals surface area contributed by atoms with Gasteiger partial charge in [-0.05, 0) is 31.2 Å². The van der Waals surface area contributed by atoms with Gasteiger partial charge in [-0.3, -0.25) is 4.79 Å². The first-order valence-electron chi connectivity index (χ1n) is 8.69. The topological polar surface area (TPSA) is 68.3 Å². The molecule has 0 aliphatic rings. The Labute approximate surface area is 172 Å². The van der Waals surface area contributed by atoms with E-state index in [1.165, 1.54) is 24.0 Å². The molecule has 1 heterocycles. The first-order valence-corrected chi connectivity index (χ1v) is 10.6. The molecule has 144 valence electrons. The number of aryl methyl sites for hydroxylation is 1. The monoisotopic (exact) mass is 412 g/mol. The summed E-state index contributed by atoms with van der Waals surface area (Å²) in [6.45, 7) is 2.05. The van der Waals surface area contributed by atoms with E-state index in [9.17, 15) is 9.59 Å². The highest BCUT2D eigenvalue weighted by Gasteiger charge is 2.10. The minimum atomic E-state index is -0.374. The van der Waals surface area contributed by atoms with Crippen molar-refractivity contribution in [3.63, 3.8) is 0 Å². The summed E-state index contributed by atoms with van der Waals surface area (Å²) in [6, 6.07) is 15.3. The van der Waals surface area contributed by atoms with Gasteiger partial charge in [-0.2, -0.15) is 0 Å². The van der Waals surface area contributed by atoms with Gasteiger partial charge >= 0.3 is 5.97 Å². The first-order chi connectivity index (χ1) is 13.5. The number of nitrogens with one attached hydrogen (secondary N) is 1. The molecule has 0 saturated carbocycles. The van der Waals surface area contributed by atoms with Crippen LogP contribution in [-0.4, -0.2) is 29.7 Å². The summed E-state index contributed by atoms with van der Waals surface area (Å²) < 4.78 is 4.69. The molecule has 0 aliphatic carbocycles. The third-order valence-corrected chi connectivity index (χ3v) is 5.74. The molecule has 28 heavy (non-hydrogen) atoms. The van der Waals surface area contributed by atoms with Gasteiger partial charge in [0.1, 0.15) is 0 Å². The van der Waals surface area contributed by atoms with Crippen LogP contribution < -0.4 is 5.32 Å². The van der Waals surface area contributed by atoms with Crippen LogP contribution in [0.25, 0.3) is 11.3 Å². The largest absolute Gasteiger partial charge is 0.465 e. The lowest BCUT2D eigenvalue weighted by Crippen LogP contribution is -2.11. The molecule has 5 nitrogen and oxygen atoms in total. The van der Waals surface area contributed by atoms with Crippen molar-refractivity contribution in [2.24, 2.45) is 0 Å². The molecule has 0 spiro atoms. The Balaban J connectivity index is 1.51. The molecule has 3 aromatic rings. The van der Waals surface area contributed by atoms with Crippen LogP contribution in [0.1, 0.15) is 22.3 Å². The van der Waals surface area contributed by atoms with Crippen LogP contribution in [0.4, 0.5) is 5.13 Å². The number of rotatable bonds is 7. The van der Waals surface area contributed by atoms with Gasteiger partial charge in [0.2, 0.25) is 5.91 Å². The Kier molecular flexibility index (Phi) is 6.84. The van der Waals surface area contributed by atoms with Crippen molar-refractivity contribution in [1.82, 2.24) is 4.98 Å². The summed E-state index contributed by atoms with van der Waals surface area (Å²) >= 11 is 3.04. The second-order valence-corrected chi connectivity index (χ2v) is 8.09. The van der Waals surface area contributed by atoms with Gasteiger partial charge in [0, 0.05) is 28.0 Å². The number of esters is 1. The molecular formula is C21H20N2O3S2. The average molecular weight is 413 g/mol. The average Bonchev–Trinajstić information content (AvgIpc) is 3.17. The highest BCUT2D eigenvalue weighted by Crippen LogP contribution is 2.26. The van der Waals surface area contributed by atoms with Gasteiger partial charge in [-0.15, -0.1) is 23.1 Å². The van der Waals surface area contributed by atoms with Crippen LogP contribution in [0, 0.1) is 6.92 Å². The Morgan fingerprint density at radius 3 is 2.50 bits per heavy atom. The SMILES string of the molecule is COC(=O)c1ccc(-c2csc(NC(=O)CCSc3ccc(C)cc3)n2)cc1. The molecule has 0 saturated heterocycles. The van der Waals surface area contributed by atoms with Crippen molar-refractivity contribution in [2.75, 3.05) is 18.2 Å². The predicted octanol–water partition coefficient (Wildman–Crippen LogP) is 5.03. The summed E-state index contributed by atoms with van der Waals surface area (Å²) in [4.78, 5) is 29.3. The molecule has 0 unspecified atom stereocenters. The molecule has 0 atom stereocenters. The lowest BCUT2D eigenvalue weighted by molar-refractivity contribution is -0.115. The van der Waals surface area contributed by atoms with Crippen molar-refractivity contribution in [3.05, 3.63) is 65.0 Å². The predicted molar refractivity (Wildman–Crippen MR) is 114 cm³/mol. The lowest BCUT2D eigenvalue weighted by Gasteiger charge is -2.03. The van der Waals surface area contributed by atoms with Crippen LogP contribution in [0.15, 0.2) is 58.8 Å². The lowest BCUT2D eigenvalue weighted by atomic mass is 10.1. The quantitative estimate of drug-likeness (QED) is 0.436. The fourth-order valence-corrected chi connectivity index (χ4v) is 4.02. The Morgan fingerprint density at radius 2 is 1.82 bits per heavy atom. The zero-order chi connectivity index (χ0) is 19.9. The van der Waals surface area contributed by atoms with E-state index in [2.05, 4.69) is 41.5 Å². The van der Waals surface area contributed by atoms with Crippen LogP contribution in [-0.2, 0) is 9.53 Å². The minimum absolute atomic E-state index is 0.0541. The number of carbonyl (C=O) groups excluding carboxylic acids is 2. The van der Waals surface area contributed by atoms with Crippen molar-refractivity contribution in [3.8, 4) is 11.3 Å². The number of benzene rings is 2. The first kappa shape index (κ1) is 20.1. The fraction of sp³-hybridized carbons (Fsp3) is 0.190. The number of nitrogens with zero attached hydrogens (tertiary/aromatic N) is 1. The Morgan fingerprint density at radius 1 is 1.11 bits per heavy atom. The minimum Gasteiger partial charge on any atom is -0.465 e. The molecule has 1 aromatic heterocycles. The molecule has 7 heteroatoms. The van der Waals surface area contributed by atoms with Crippen LogP contribution >= 0.6 is 23.1 Å². The van der Waals surface area contributed by atoms with Crippen molar-refractivity contribution >= 4 is 40.1 Å². The van der Waals surface area contributed by atoms with Gasteiger partial charge in [-0.25, -0.2) is 9.78 Å². The fourth-order valence-electron chi connectivity index (χ4n) is 2.44. The summed E-state index contributed by atoms with van der Waals surface area (Å²) in [6.07, 6.45) is 0.418. The van der Waals surface area contributed by atoms with Crippen LogP contribution in [0.3, 0.4) is 0 Å². The molecule has 2 aromatic carbocycles. The van der Waals surface area contributed by atoms with E-state index >= 15 is 0 Å². The number of hydrogen-bond acceptors (Lipinski definition) is 6. The number of thioether (sulfide) groups is 1. The number of aromatic nitrogens is 1. The normalized spacial score (nSPS) is 10.5. The van der Waals surface area contributed by atoms with E-state index in [4.69, 9.17) is 4.74 Å². The maximum atomic E-state index is 12.1. The van der Waals surface area contributed by atoms with E-state index in [0.29, 0.717) is 22.9 Å². The van der Waals surface area contributed by atoms with E-state index in [1.54, 1.807) is 23.9 Å². The second kappa shape index (κ2) is 9.52. The maximum absolute atomic E-state index is 12.1. The summed E-state index contributed by atoms with van der Waals surface area (Å²) in [7, 11) is 1.35. The van der Waals surface area contributed by atoms with Gasteiger partial charge in [0.25, 0.3) is 0 Å². The van der Waals surface area contributed by atoms with E-state index < -0.39 is 0 Å². The number of hydrogen-bond donors (Lipinski definition) is 1. The van der Waals surface area contributed by atoms with Gasteiger partial charge in [0.05, 0.1) is 18.4 Å². The van der Waals surface area contributed by atoms with Crippen molar-refractivity contribution in [2.45, 2.75) is 18.2 Å². The molecule has 0 bridgehead atoms. The molecule has 3 rings (SSSR count). The molecule has 0 radical (unpaired) electrons. The van der Waals surface area contributed by atoms with Gasteiger partial charge in [0.15, 0.2) is 5.13 Å². The highest BCUT2D eigenvalue weighted by atomic mass is 32.2. The van der Waals surface area contributed by atoms with Crippen molar-refractivity contribution in [1.29, 1.82) is 0 Å². The van der Waals surface area contributed by atoms with Crippen molar-refractivity contribution < 1.29 is 14.3 Å². The van der Waals surface area contributed by atoms with Crippen LogP contribution in [0.2, 0.25) is 0 Å². The highest BCUT2D eigenvalue weighted by molar-refractivity contribution is 7.99. The van der Waals surface area contributed by atoms with Crippen LogP contribution in [0.5, 0.6) is 0 Å². The zero-order valence-corrected chi connectivity index (χ0v) is 17.2. The molecule has 1 N–H and O–H groups in total. The van der Waals surface area contributed by atoms with Gasteiger partial charge < -0.3 is 10.1 Å². The summed E-state index contributed by atoms with van der Waals surface area (Å²) in [5, 5.41) is 5.29. The van der Waals surface area contributed by atoms with E-state index in [-0.39, 0.29) is 11.9 Å². The zero-order valence-electron chi connectivity index (χ0n) is 15.6. The smallest absolute Gasteiger partial charge is 0.337 e. The Hall–Kier alpha value is -2.64. The molecule has 0 aliphatic heterocycles. The standard InChI is InChI=1S/C21H20N2O3S2/c1-14-3-9-17(10-4-14)27-12-11-19(24)23-21-22-18(13-28-21)15-5-7-16(8-6-15)20(25)26-2/h3-10,13H,11-12H2,1-2H3,(H,22,23,24). The van der Waals surface area contributed by atoms with E-state index in [1.807, 2.05) is 17.5 Å². The van der Waals surface area contributed by atoms with Gasteiger partial charge in [-0.1, -0.05) is 29.8 Å². The number of carbonyl (C=O) groups is 2. The molecule has 1 amide bonds. The third kappa shape index (κ3) is 5.43. The maximum Gasteiger partial charge on any atom is 0.337 e.